The smallest absolute Gasteiger partial charge is 0.137 e. The van der Waals surface area contributed by atoms with Crippen LogP contribution >= 0.6 is 0 Å². The molecule has 9 aromatic rings. The van der Waals surface area contributed by atoms with Crippen LogP contribution < -0.4 is 14.5 Å². The molecule has 0 unspecified atom stereocenters. The van der Waals surface area contributed by atoms with Crippen LogP contribution in [0.4, 0.5) is 22.7 Å². The zero-order valence-corrected chi connectivity index (χ0v) is 34.8. The van der Waals surface area contributed by atoms with Crippen LogP contribution in [0.5, 0.6) is 11.5 Å². The van der Waals surface area contributed by atoms with E-state index in [9.17, 15) is 0 Å². The lowest BCUT2D eigenvalue weighted by atomic mass is 9.88. The van der Waals surface area contributed by atoms with E-state index in [1.807, 2.05) is 6.20 Å². The molecule has 1 aliphatic heterocycles. The fourth-order valence-electron chi connectivity index (χ4n) is 8.72. The predicted molar refractivity (Wildman–Crippen MR) is 251 cm³/mol. The summed E-state index contributed by atoms with van der Waals surface area (Å²) in [7, 11) is 0. The summed E-state index contributed by atoms with van der Waals surface area (Å²) in [5, 5.41) is 2.35. The highest BCUT2D eigenvalue weighted by Gasteiger charge is 2.32. The Hall–Kier alpha value is -7.11. The maximum atomic E-state index is 6.92. The third kappa shape index (κ3) is 6.66. The monoisotopic (exact) mass is 780 g/mol. The molecular formula is C55H48N4O. The number of benzene rings is 7. The highest BCUT2D eigenvalue weighted by atomic mass is 16.5. The molecule has 0 amide bonds. The molecule has 0 saturated carbocycles. The van der Waals surface area contributed by atoms with Crippen molar-refractivity contribution in [2.75, 3.05) is 16.5 Å². The first-order chi connectivity index (χ1) is 29.2. The number of rotatable bonds is 8. The first-order valence-corrected chi connectivity index (χ1v) is 20.9. The third-order valence-electron chi connectivity index (χ3n) is 11.8. The van der Waals surface area contributed by atoms with Gasteiger partial charge in [-0.15, -0.1) is 0 Å². The molecule has 0 fully saturated rings. The molecule has 2 aromatic heterocycles. The van der Waals surface area contributed by atoms with Crippen molar-refractivity contribution in [3.05, 3.63) is 193 Å². The van der Waals surface area contributed by atoms with Crippen molar-refractivity contribution >= 4 is 44.6 Å². The summed E-state index contributed by atoms with van der Waals surface area (Å²) >= 11 is 0. The van der Waals surface area contributed by atoms with Gasteiger partial charge in [-0.05, 0) is 88.2 Å². The number of nitrogens with zero attached hydrogens (tertiary/aromatic N) is 4. The Bertz CT molecular complexity index is 2960. The Morgan fingerprint density at radius 2 is 1.18 bits per heavy atom. The van der Waals surface area contributed by atoms with E-state index >= 15 is 0 Å². The van der Waals surface area contributed by atoms with Crippen molar-refractivity contribution in [2.24, 2.45) is 0 Å². The summed E-state index contributed by atoms with van der Waals surface area (Å²) in [6.07, 6.45) is 1.93. The molecule has 5 heteroatoms. The van der Waals surface area contributed by atoms with Crippen LogP contribution in [0.15, 0.2) is 182 Å². The first kappa shape index (κ1) is 37.2. The van der Waals surface area contributed by atoms with Gasteiger partial charge in [0.1, 0.15) is 24.0 Å². The highest BCUT2D eigenvalue weighted by Crippen LogP contribution is 2.50. The summed E-state index contributed by atoms with van der Waals surface area (Å²) in [6.45, 7) is 11.9. The predicted octanol–water partition coefficient (Wildman–Crippen LogP) is 15.0. The Balaban J connectivity index is 1.07. The number of ether oxygens (including phenoxy) is 1. The average molecular weight is 781 g/mol. The molecular weight excluding hydrogens is 733 g/mol. The van der Waals surface area contributed by atoms with E-state index in [2.05, 4.69) is 225 Å². The molecule has 0 aliphatic carbocycles. The summed E-state index contributed by atoms with van der Waals surface area (Å²) in [5.41, 5.74) is 14.0. The van der Waals surface area contributed by atoms with Gasteiger partial charge in [-0.25, -0.2) is 4.98 Å². The molecule has 294 valence electrons. The molecule has 5 nitrogen and oxygen atoms in total. The lowest BCUT2D eigenvalue weighted by Crippen LogP contribution is -2.25. The fourth-order valence-corrected chi connectivity index (χ4v) is 8.72. The number of pyridine rings is 1. The minimum atomic E-state index is -0.00773. The normalized spacial score (nSPS) is 12.8. The molecule has 1 aliphatic rings. The largest absolute Gasteiger partial charge is 0.457 e. The Morgan fingerprint density at radius 3 is 1.87 bits per heavy atom. The second-order valence-corrected chi connectivity index (χ2v) is 17.1. The van der Waals surface area contributed by atoms with E-state index in [0.717, 1.165) is 50.8 Å². The van der Waals surface area contributed by atoms with Crippen LogP contribution in [-0.2, 0) is 5.41 Å². The number of hydrogen-bond acceptors (Lipinski definition) is 4. The quantitative estimate of drug-likeness (QED) is 0.154. The maximum Gasteiger partial charge on any atom is 0.137 e. The lowest BCUT2D eigenvalue weighted by molar-refractivity contribution is 0.482. The van der Waals surface area contributed by atoms with Gasteiger partial charge in [0, 0.05) is 45.9 Å². The van der Waals surface area contributed by atoms with Gasteiger partial charge in [0.05, 0.1) is 28.1 Å². The van der Waals surface area contributed by atoms with Gasteiger partial charge in [-0.3, -0.25) is 4.57 Å². The van der Waals surface area contributed by atoms with Gasteiger partial charge in [0.2, 0.25) is 0 Å². The Morgan fingerprint density at radius 1 is 0.550 bits per heavy atom. The molecule has 0 N–H and O–H groups in total. The summed E-state index contributed by atoms with van der Waals surface area (Å²) < 4.78 is 9.20. The van der Waals surface area contributed by atoms with Gasteiger partial charge >= 0.3 is 0 Å². The number of para-hydroxylation sites is 4. The van der Waals surface area contributed by atoms with E-state index in [4.69, 9.17) is 9.72 Å². The van der Waals surface area contributed by atoms with Crippen LogP contribution in [0.2, 0.25) is 0 Å². The molecule has 0 saturated heterocycles. The lowest BCUT2D eigenvalue weighted by Gasteiger charge is -2.27. The van der Waals surface area contributed by atoms with Gasteiger partial charge in [-0.1, -0.05) is 144 Å². The van der Waals surface area contributed by atoms with Gasteiger partial charge in [0.25, 0.3) is 0 Å². The van der Waals surface area contributed by atoms with Crippen molar-refractivity contribution in [1.82, 2.24) is 9.55 Å². The fraction of sp³-hybridized carbons (Fsp3) is 0.145. The molecule has 0 atom stereocenters. The molecule has 10 rings (SSSR count). The zero-order chi connectivity index (χ0) is 41.0. The van der Waals surface area contributed by atoms with Gasteiger partial charge in [-0.2, -0.15) is 0 Å². The van der Waals surface area contributed by atoms with Crippen molar-refractivity contribution in [3.8, 4) is 39.6 Å². The molecule has 7 aromatic carbocycles. The zero-order valence-electron chi connectivity index (χ0n) is 34.8. The highest BCUT2D eigenvalue weighted by molar-refractivity contribution is 6.09. The minimum absolute atomic E-state index is 0.00773. The van der Waals surface area contributed by atoms with Crippen LogP contribution in [0, 0.1) is 0 Å². The standard InChI is InChI=1S/C55H48N4O/c1-37(2)40-31-42(34-44(32-40)60-43-27-28-48-47-21-12-13-24-49(47)59(52(48)35-43)53-33-41(29-30-56-53)55(3,4)5)57-36-58(51-26-15-14-25-50(51)57)54-45(38-17-8-6-9-18-38)22-16-23-46(54)39-19-10-7-11-20-39/h6-35,37H,36H2,1-5H3. The van der Waals surface area contributed by atoms with Crippen LogP contribution in [0.25, 0.3) is 49.9 Å². The summed E-state index contributed by atoms with van der Waals surface area (Å²) in [6, 6.07) is 63.0. The molecule has 0 radical (unpaired) electrons. The van der Waals surface area contributed by atoms with E-state index in [1.165, 1.54) is 44.5 Å². The number of fused-ring (bicyclic) bond motifs is 4. The van der Waals surface area contributed by atoms with Gasteiger partial charge in [0.15, 0.2) is 0 Å². The molecule has 0 bridgehead atoms. The summed E-state index contributed by atoms with van der Waals surface area (Å²) in [5.74, 6) is 2.77. The van der Waals surface area contributed by atoms with Crippen LogP contribution in [0.1, 0.15) is 51.7 Å². The van der Waals surface area contributed by atoms with E-state index in [0.29, 0.717) is 6.67 Å². The SMILES string of the molecule is CC(C)c1cc(Oc2ccc3c4ccccc4n(-c4cc(C(C)(C)C)ccn4)c3c2)cc(N2CN(c3c(-c4ccccc4)cccc3-c3ccccc3)c3ccccc32)c1. The third-order valence-corrected chi connectivity index (χ3v) is 11.8. The Labute approximate surface area is 352 Å². The van der Waals surface area contributed by atoms with E-state index in [1.54, 1.807) is 0 Å². The molecule has 0 spiro atoms. The summed E-state index contributed by atoms with van der Waals surface area (Å²) in [4.78, 5) is 9.81. The minimum Gasteiger partial charge on any atom is -0.457 e. The average Bonchev–Trinajstić information content (AvgIpc) is 3.82. The van der Waals surface area contributed by atoms with Crippen molar-refractivity contribution in [3.63, 3.8) is 0 Å². The Kier molecular flexibility index (Phi) is 9.25. The maximum absolute atomic E-state index is 6.92. The molecule has 3 heterocycles. The molecule has 60 heavy (non-hydrogen) atoms. The van der Waals surface area contributed by atoms with Crippen LogP contribution in [-0.4, -0.2) is 16.2 Å². The first-order valence-electron chi connectivity index (χ1n) is 20.9. The van der Waals surface area contributed by atoms with Crippen molar-refractivity contribution < 1.29 is 4.74 Å². The second kappa shape index (κ2) is 14.9. The van der Waals surface area contributed by atoms with Crippen molar-refractivity contribution in [2.45, 2.75) is 46.0 Å². The van der Waals surface area contributed by atoms with Crippen LogP contribution in [0.3, 0.4) is 0 Å². The second-order valence-electron chi connectivity index (χ2n) is 17.1. The van der Waals surface area contributed by atoms with Gasteiger partial charge < -0.3 is 14.5 Å². The van der Waals surface area contributed by atoms with E-state index < -0.39 is 0 Å². The van der Waals surface area contributed by atoms with E-state index in [-0.39, 0.29) is 11.3 Å². The number of hydrogen-bond donors (Lipinski definition) is 0. The number of aromatic nitrogens is 2. The van der Waals surface area contributed by atoms with Crippen molar-refractivity contribution in [1.29, 1.82) is 0 Å². The topological polar surface area (TPSA) is 33.5 Å². The number of anilines is 4.